The van der Waals surface area contributed by atoms with Crippen LogP contribution in [0.4, 0.5) is 0 Å². The first kappa shape index (κ1) is 12.6. The highest BCUT2D eigenvalue weighted by atomic mass is 16.7. The van der Waals surface area contributed by atoms with Crippen molar-refractivity contribution >= 4 is 12.8 Å². The molecule has 1 aliphatic rings. The Morgan fingerprint density at radius 3 is 2.06 bits per heavy atom. The molecule has 0 aliphatic carbocycles. The minimum atomic E-state index is -0.458. The monoisotopic (exact) mass is 237 g/mol. The zero-order chi connectivity index (χ0) is 12.8. The summed E-state index contributed by atoms with van der Waals surface area (Å²) in [4.78, 5) is 0. The standard InChI is InChI=1S/C12H20BNO3/c1-8(2)9-7-10(15-14-9)13-16-11(3,4)12(5,6)17-13/h7-8H,1-6H3. The molecular weight excluding hydrogens is 217 g/mol. The third-order valence-corrected chi connectivity index (χ3v) is 3.62. The second kappa shape index (κ2) is 3.85. The average Bonchev–Trinajstić information content (AvgIpc) is 2.70. The van der Waals surface area contributed by atoms with E-state index in [-0.39, 0.29) is 11.2 Å². The van der Waals surface area contributed by atoms with E-state index < -0.39 is 7.12 Å². The van der Waals surface area contributed by atoms with Gasteiger partial charge in [0.1, 0.15) is 0 Å². The highest BCUT2D eigenvalue weighted by Gasteiger charge is 2.53. The molecule has 0 radical (unpaired) electrons. The summed E-state index contributed by atoms with van der Waals surface area (Å²) in [6, 6.07) is 1.91. The largest absolute Gasteiger partial charge is 0.535 e. The van der Waals surface area contributed by atoms with E-state index in [4.69, 9.17) is 13.8 Å². The number of rotatable bonds is 2. The van der Waals surface area contributed by atoms with E-state index >= 15 is 0 Å². The van der Waals surface area contributed by atoms with Gasteiger partial charge < -0.3 is 13.8 Å². The molecule has 1 saturated heterocycles. The highest BCUT2D eigenvalue weighted by molar-refractivity contribution is 6.60. The molecule has 94 valence electrons. The quantitative estimate of drug-likeness (QED) is 0.739. The van der Waals surface area contributed by atoms with Crippen LogP contribution in [0.1, 0.15) is 53.2 Å². The van der Waals surface area contributed by atoms with E-state index in [9.17, 15) is 0 Å². The van der Waals surface area contributed by atoms with Gasteiger partial charge in [0, 0.05) is 6.07 Å². The average molecular weight is 237 g/mol. The Bertz CT molecular complexity index is 396. The van der Waals surface area contributed by atoms with Crippen LogP contribution in [-0.4, -0.2) is 23.5 Å². The van der Waals surface area contributed by atoms with Gasteiger partial charge in [-0.25, -0.2) is 0 Å². The van der Waals surface area contributed by atoms with Crippen LogP contribution in [0.5, 0.6) is 0 Å². The summed E-state index contributed by atoms with van der Waals surface area (Å²) in [6.07, 6.45) is 0. The van der Waals surface area contributed by atoms with Crippen molar-refractivity contribution in [2.24, 2.45) is 0 Å². The van der Waals surface area contributed by atoms with E-state index in [0.717, 1.165) is 5.69 Å². The molecule has 1 aliphatic heterocycles. The lowest BCUT2D eigenvalue weighted by Crippen LogP contribution is -2.41. The van der Waals surface area contributed by atoms with Gasteiger partial charge in [0.2, 0.25) is 0 Å². The zero-order valence-corrected chi connectivity index (χ0v) is 11.4. The third-order valence-electron chi connectivity index (χ3n) is 3.62. The molecule has 4 nitrogen and oxygen atoms in total. The fraction of sp³-hybridized carbons (Fsp3) is 0.750. The molecule has 1 aromatic heterocycles. The van der Waals surface area contributed by atoms with Crippen LogP contribution in [0.2, 0.25) is 0 Å². The van der Waals surface area contributed by atoms with Gasteiger partial charge in [0.05, 0.1) is 16.9 Å². The molecule has 0 unspecified atom stereocenters. The molecule has 0 saturated carbocycles. The van der Waals surface area contributed by atoms with E-state index in [1.807, 2.05) is 33.8 Å². The van der Waals surface area contributed by atoms with Gasteiger partial charge in [-0.3, -0.25) is 0 Å². The molecule has 2 rings (SSSR count). The summed E-state index contributed by atoms with van der Waals surface area (Å²) >= 11 is 0. The Morgan fingerprint density at radius 1 is 1.12 bits per heavy atom. The van der Waals surface area contributed by atoms with Crippen molar-refractivity contribution in [1.29, 1.82) is 0 Å². The summed E-state index contributed by atoms with van der Waals surface area (Å²) in [5.41, 5.74) is 0.882. The molecule has 1 aromatic rings. The predicted octanol–water partition coefficient (Wildman–Crippen LogP) is 2.10. The van der Waals surface area contributed by atoms with Crippen LogP contribution < -0.4 is 5.66 Å². The van der Waals surface area contributed by atoms with Gasteiger partial charge >= 0.3 is 7.12 Å². The molecule has 0 N–H and O–H groups in total. The van der Waals surface area contributed by atoms with Gasteiger partial charge in [-0.2, -0.15) is 0 Å². The number of nitrogens with zero attached hydrogens (tertiary/aromatic N) is 1. The lowest BCUT2D eigenvalue weighted by atomic mass is 9.85. The van der Waals surface area contributed by atoms with Gasteiger partial charge in [-0.1, -0.05) is 19.0 Å². The first-order valence-corrected chi connectivity index (χ1v) is 6.05. The first-order chi connectivity index (χ1) is 7.73. The Balaban J connectivity index is 2.20. The van der Waals surface area contributed by atoms with Gasteiger partial charge in [-0.05, 0) is 33.6 Å². The maximum Gasteiger partial charge on any atom is 0.535 e. The van der Waals surface area contributed by atoms with Crippen LogP contribution in [0.3, 0.4) is 0 Å². The minimum absolute atomic E-state index is 0.343. The van der Waals surface area contributed by atoms with Crippen LogP contribution >= 0.6 is 0 Å². The van der Waals surface area contributed by atoms with Gasteiger partial charge in [-0.15, -0.1) is 0 Å². The van der Waals surface area contributed by atoms with Crippen LogP contribution in [0, 0.1) is 0 Å². The van der Waals surface area contributed by atoms with E-state index in [2.05, 4.69) is 19.0 Å². The number of aromatic nitrogens is 1. The Kier molecular flexibility index (Phi) is 2.87. The topological polar surface area (TPSA) is 44.5 Å². The van der Waals surface area contributed by atoms with Crippen LogP contribution in [-0.2, 0) is 9.31 Å². The summed E-state index contributed by atoms with van der Waals surface area (Å²) in [5.74, 6) is 0.343. The highest BCUT2D eigenvalue weighted by Crippen LogP contribution is 2.36. The second-order valence-corrected chi connectivity index (χ2v) is 5.90. The van der Waals surface area contributed by atoms with Gasteiger partial charge in [0.25, 0.3) is 0 Å². The molecule has 1 fully saturated rings. The van der Waals surface area contributed by atoms with E-state index in [1.165, 1.54) is 0 Å². The molecule has 0 spiro atoms. The molecule has 2 heterocycles. The second-order valence-electron chi connectivity index (χ2n) is 5.90. The molecule has 5 heteroatoms. The molecule has 0 bridgehead atoms. The fourth-order valence-corrected chi connectivity index (χ4v) is 1.65. The third kappa shape index (κ3) is 2.14. The Morgan fingerprint density at radius 2 is 1.65 bits per heavy atom. The van der Waals surface area contributed by atoms with Crippen LogP contribution in [0.15, 0.2) is 10.6 Å². The lowest BCUT2D eigenvalue weighted by molar-refractivity contribution is 0.00578. The fourth-order valence-electron chi connectivity index (χ4n) is 1.65. The Hall–Kier alpha value is -0.805. The molecule has 0 amide bonds. The number of hydrogen-bond acceptors (Lipinski definition) is 4. The molecule has 0 aromatic carbocycles. The van der Waals surface area contributed by atoms with Crippen molar-refractivity contribution in [3.05, 3.63) is 11.8 Å². The minimum Gasteiger partial charge on any atom is -0.397 e. The first-order valence-electron chi connectivity index (χ1n) is 6.05. The van der Waals surface area contributed by atoms with E-state index in [1.54, 1.807) is 0 Å². The smallest absolute Gasteiger partial charge is 0.397 e. The molecule has 17 heavy (non-hydrogen) atoms. The van der Waals surface area contributed by atoms with E-state index in [0.29, 0.717) is 11.6 Å². The van der Waals surface area contributed by atoms with Gasteiger partial charge in [0.15, 0.2) is 5.66 Å². The van der Waals surface area contributed by atoms with Crippen molar-refractivity contribution in [3.8, 4) is 0 Å². The Labute approximate surface area is 103 Å². The summed E-state index contributed by atoms with van der Waals surface area (Å²) in [5, 5.41) is 4.02. The lowest BCUT2D eigenvalue weighted by Gasteiger charge is -2.32. The van der Waals surface area contributed by atoms with Crippen molar-refractivity contribution < 1.29 is 13.8 Å². The zero-order valence-electron chi connectivity index (χ0n) is 11.4. The normalized spacial score (nSPS) is 22.4. The molecule has 0 atom stereocenters. The summed E-state index contributed by atoms with van der Waals surface area (Å²) in [6.45, 7) is 12.2. The summed E-state index contributed by atoms with van der Waals surface area (Å²) in [7, 11) is -0.458. The summed E-state index contributed by atoms with van der Waals surface area (Å²) < 4.78 is 17.1. The van der Waals surface area contributed by atoms with Crippen molar-refractivity contribution in [3.63, 3.8) is 0 Å². The van der Waals surface area contributed by atoms with Crippen LogP contribution in [0.25, 0.3) is 0 Å². The SMILES string of the molecule is CC(C)c1cc(B2OC(C)(C)C(C)(C)O2)on1. The molecular formula is C12H20BNO3. The predicted molar refractivity (Wildman–Crippen MR) is 66.3 cm³/mol. The number of hydrogen-bond donors (Lipinski definition) is 0. The van der Waals surface area contributed by atoms with Crippen molar-refractivity contribution in [2.75, 3.05) is 0 Å². The maximum absolute atomic E-state index is 5.89. The van der Waals surface area contributed by atoms with Crippen molar-refractivity contribution in [2.45, 2.75) is 58.7 Å². The van der Waals surface area contributed by atoms with Crippen molar-refractivity contribution in [1.82, 2.24) is 5.16 Å². The maximum atomic E-state index is 5.89.